The van der Waals surface area contributed by atoms with E-state index in [-0.39, 0.29) is 12.5 Å². The third-order valence-corrected chi connectivity index (χ3v) is 3.20. The number of nitrogens with two attached hydrogens (primary N) is 1. The first kappa shape index (κ1) is 12.5. The Kier molecular flexibility index (Phi) is 5.75. The van der Waals surface area contributed by atoms with E-state index in [0.717, 1.165) is 16.8 Å². The monoisotopic (exact) mass is 288 g/mol. The maximum absolute atomic E-state index is 10.4. The summed E-state index contributed by atoms with van der Waals surface area (Å²) < 4.78 is 1.08. The summed E-state index contributed by atoms with van der Waals surface area (Å²) in [5, 5.41) is 2.96. The number of rotatable bonds is 6. The third-order valence-electron chi connectivity index (χ3n) is 1.66. The van der Waals surface area contributed by atoms with Crippen LogP contribution in [0.15, 0.2) is 33.6 Å². The van der Waals surface area contributed by atoms with Gasteiger partial charge in [0.05, 0.1) is 6.54 Å². The van der Waals surface area contributed by atoms with Crippen LogP contribution in [0, 0.1) is 0 Å². The quantitative estimate of drug-likeness (QED) is 0.618. The number of carbonyl (C=O) groups is 1. The SMILES string of the molecule is NC(=O)CNCCSc1ccc(Br)cc1. The fourth-order valence-electron chi connectivity index (χ4n) is 0.983. The van der Waals surface area contributed by atoms with E-state index >= 15 is 0 Å². The normalized spacial score (nSPS) is 10.2. The number of halogens is 1. The van der Waals surface area contributed by atoms with Crippen LogP contribution in [0.5, 0.6) is 0 Å². The summed E-state index contributed by atoms with van der Waals surface area (Å²) >= 11 is 5.13. The Morgan fingerprint density at radius 3 is 2.67 bits per heavy atom. The lowest BCUT2D eigenvalue weighted by Crippen LogP contribution is -2.29. The molecule has 0 aromatic heterocycles. The number of benzene rings is 1. The van der Waals surface area contributed by atoms with Crippen molar-refractivity contribution in [1.82, 2.24) is 5.32 Å². The zero-order valence-corrected chi connectivity index (χ0v) is 10.6. The molecular weight excluding hydrogens is 276 g/mol. The molecule has 1 amide bonds. The molecule has 15 heavy (non-hydrogen) atoms. The highest BCUT2D eigenvalue weighted by Gasteiger charge is 1.95. The molecule has 0 aliphatic rings. The molecule has 0 unspecified atom stereocenters. The lowest BCUT2D eigenvalue weighted by atomic mass is 10.4. The number of hydrogen-bond acceptors (Lipinski definition) is 3. The first-order valence-electron chi connectivity index (χ1n) is 4.56. The fraction of sp³-hybridized carbons (Fsp3) is 0.300. The minimum Gasteiger partial charge on any atom is -0.369 e. The van der Waals surface area contributed by atoms with Crippen molar-refractivity contribution in [3.63, 3.8) is 0 Å². The fourth-order valence-corrected chi connectivity index (χ4v) is 2.06. The van der Waals surface area contributed by atoms with Crippen molar-refractivity contribution in [3.05, 3.63) is 28.7 Å². The van der Waals surface area contributed by atoms with E-state index in [9.17, 15) is 4.79 Å². The Labute approximate surface area is 102 Å². The van der Waals surface area contributed by atoms with Crippen molar-refractivity contribution >= 4 is 33.6 Å². The maximum Gasteiger partial charge on any atom is 0.231 e. The molecule has 1 aromatic rings. The third kappa shape index (κ3) is 5.81. The standard InChI is InChI=1S/C10H13BrN2OS/c11-8-1-3-9(4-2-8)15-6-5-13-7-10(12)14/h1-4,13H,5-7H2,(H2,12,14). The van der Waals surface area contributed by atoms with Crippen LogP contribution in [-0.4, -0.2) is 24.7 Å². The Balaban J connectivity index is 2.15. The van der Waals surface area contributed by atoms with Crippen LogP contribution in [-0.2, 0) is 4.79 Å². The lowest BCUT2D eigenvalue weighted by Gasteiger charge is -2.02. The Bertz CT molecular complexity index is 316. The predicted molar refractivity (Wildman–Crippen MR) is 66.9 cm³/mol. The maximum atomic E-state index is 10.4. The second-order valence-electron chi connectivity index (χ2n) is 2.95. The van der Waals surface area contributed by atoms with Crippen molar-refractivity contribution in [1.29, 1.82) is 0 Å². The van der Waals surface area contributed by atoms with E-state index in [1.165, 1.54) is 4.90 Å². The number of thioether (sulfide) groups is 1. The van der Waals surface area contributed by atoms with E-state index in [1.807, 2.05) is 12.1 Å². The van der Waals surface area contributed by atoms with Gasteiger partial charge in [0, 0.05) is 21.7 Å². The van der Waals surface area contributed by atoms with Crippen LogP contribution >= 0.6 is 27.7 Å². The smallest absolute Gasteiger partial charge is 0.231 e. The van der Waals surface area contributed by atoms with Crippen molar-refractivity contribution in [2.75, 3.05) is 18.8 Å². The van der Waals surface area contributed by atoms with Gasteiger partial charge in [0.25, 0.3) is 0 Å². The second-order valence-corrected chi connectivity index (χ2v) is 5.03. The highest BCUT2D eigenvalue weighted by Crippen LogP contribution is 2.19. The lowest BCUT2D eigenvalue weighted by molar-refractivity contribution is -0.117. The second kappa shape index (κ2) is 6.87. The van der Waals surface area contributed by atoms with E-state index in [2.05, 4.69) is 33.4 Å². The summed E-state index contributed by atoms with van der Waals surface area (Å²) in [5.41, 5.74) is 4.99. The average molecular weight is 289 g/mol. The number of carbonyl (C=O) groups excluding carboxylic acids is 1. The summed E-state index contributed by atoms with van der Waals surface area (Å²) in [5.74, 6) is 0.609. The zero-order chi connectivity index (χ0) is 11.1. The summed E-state index contributed by atoms with van der Waals surface area (Å²) in [6, 6.07) is 8.14. The first-order valence-corrected chi connectivity index (χ1v) is 6.34. The average Bonchev–Trinajstić information content (AvgIpc) is 2.20. The zero-order valence-electron chi connectivity index (χ0n) is 8.20. The molecule has 0 aliphatic carbocycles. The molecule has 0 aliphatic heterocycles. The van der Waals surface area contributed by atoms with Gasteiger partial charge in [-0.15, -0.1) is 11.8 Å². The molecule has 0 spiro atoms. The van der Waals surface area contributed by atoms with E-state index in [1.54, 1.807) is 11.8 Å². The summed E-state index contributed by atoms with van der Waals surface area (Å²) in [6.07, 6.45) is 0. The van der Waals surface area contributed by atoms with E-state index in [0.29, 0.717) is 0 Å². The van der Waals surface area contributed by atoms with Gasteiger partial charge >= 0.3 is 0 Å². The number of nitrogens with one attached hydrogen (secondary N) is 1. The minimum absolute atomic E-state index is 0.251. The minimum atomic E-state index is -0.316. The van der Waals surface area contributed by atoms with Gasteiger partial charge in [0.1, 0.15) is 0 Å². The molecule has 0 saturated carbocycles. The highest BCUT2D eigenvalue weighted by atomic mass is 79.9. The van der Waals surface area contributed by atoms with Crippen LogP contribution in [0.1, 0.15) is 0 Å². The number of hydrogen-bond donors (Lipinski definition) is 2. The highest BCUT2D eigenvalue weighted by molar-refractivity contribution is 9.10. The van der Waals surface area contributed by atoms with E-state index in [4.69, 9.17) is 5.73 Å². The molecule has 1 rings (SSSR count). The van der Waals surface area contributed by atoms with Gasteiger partial charge in [-0.3, -0.25) is 4.79 Å². The van der Waals surface area contributed by atoms with Gasteiger partial charge in [-0.2, -0.15) is 0 Å². The summed E-state index contributed by atoms with van der Waals surface area (Å²) in [4.78, 5) is 11.6. The molecular formula is C10H13BrN2OS. The van der Waals surface area contributed by atoms with Gasteiger partial charge in [-0.05, 0) is 24.3 Å². The first-order chi connectivity index (χ1) is 7.18. The van der Waals surface area contributed by atoms with Crippen molar-refractivity contribution in [2.45, 2.75) is 4.90 Å². The molecule has 82 valence electrons. The van der Waals surface area contributed by atoms with Crippen LogP contribution < -0.4 is 11.1 Å². The molecule has 3 N–H and O–H groups in total. The molecule has 0 fully saturated rings. The van der Waals surface area contributed by atoms with Gasteiger partial charge in [-0.1, -0.05) is 15.9 Å². The number of amides is 1. The molecule has 5 heteroatoms. The van der Waals surface area contributed by atoms with Gasteiger partial charge in [-0.25, -0.2) is 0 Å². The molecule has 0 saturated heterocycles. The summed E-state index contributed by atoms with van der Waals surface area (Å²) in [7, 11) is 0. The largest absolute Gasteiger partial charge is 0.369 e. The predicted octanol–water partition coefficient (Wildman–Crippen LogP) is 1.62. The van der Waals surface area contributed by atoms with Crippen molar-refractivity contribution in [2.24, 2.45) is 5.73 Å². The van der Waals surface area contributed by atoms with Gasteiger partial charge < -0.3 is 11.1 Å². The summed E-state index contributed by atoms with van der Waals surface area (Å²) in [6.45, 7) is 1.03. The Hall–Kier alpha value is -0.520. The number of primary amides is 1. The van der Waals surface area contributed by atoms with Crippen LogP contribution in [0.3, 0.4) is 0 Å². The van der Waals surface area contributed by atoms with Crippen LogP contribution in [0.4, 0.5) is 0 Å². The molecule has 0 bridgehead atoms. The van der Waals surface area contributed by atoms with Gasteiger partial charge in [0.15, 0.2) is 0 Å². The van der Waals surface area contributed by atoms with E-state index < -0.39 is 0 Å². The Morgan fingerprint density at radius 1 is 1.40 bits per heavy atom. The van der Waals surface area contributed by atoms with Crippen molar-refractivity contribution in [3.8, 4) is 0 Å². The molecule has 0 atom stereocenters. The molecule has 1 aromatic carbocycles. The molecule has 3 nitrogen and oxygen atoms in total. The molecule has 0 radical (unpaired) electrons. The topological polar surface area (TPSA) is 55.1 Å². The van der Waals surface area contributed by atoms with Crippen LogP contribution in [0.2, 0.25) is 0 Å². The van der Waals surface area contributed by atoms with Crippen LogP contribution in [0.25, 0.3) is 0 Å². The Morgan fingerprint density at radius 2 is 2.07 bits per heavy atom. The van der Waals surface area contributed by atoms with Crippen molar-refractivity contribution < 1.29 is 4.79 Å². The van der Waals surface area contributed by atoms with Gasteiger partial charge in [0.2, 0.25) is 5.91 Å². The molecule has 0 heterocycles.